The Morgan fingerprint density at radius 3 is 0.772 bits per heavy atom. The molecule has 0 saturated carbocycles. The van der Waals surface area contributed by atoms with Gasteiger partial charge >= 0.3 is 17.9 Å². The summed E-state index contributed by atoms with van der Waals surface area (Å²) in [6.45, 7) is 6.43. The quantitative estimate of drug-likeness (QED) is 0.0261. The molecule has 0 aliphatic carbocycles. The third kappa shape index (κ3) is 64.8. The van der Waals surface area contributed by atoms with Crippen LogP contribution in [0, 0.1) is 0 Å². The lowest BCUT2D eigenvalue weighted by Crippen LogP contribution is -2.30. The van der Waals surface area contributed by atoms with E-state index in [1.54, 1.807) is 0 Å². The van der Waals surface area contributed by atoms with E-state index in [1.807, 2.05) is 0 Å². The topological polar surface area (TPSA) is 78.9 Å². The summed E-state index contributed by atoms with van der Waals surface area (Å²) in [4.78, 5) is 38.4. The second-order valence-corrected chi connectivity index (χ2v) is 22.0. The van der Waals surface area contributed by atoms with Gasteiger partial charge < -0.3 is 14.2 Å². The van der Waals surface area contributed by atoms with Crippen LogP contribution in [0.2, 0.25) is 0 Å². The van der Waals surface area contributed by atoms with Crippen LogP contribution in [0.5, 0.6) is 0 Å². The molecular formula is C73H124O6. The van der Waals surface area contributed by atoms with Gasteiger partial charge in [-0.15, -0.1) is 0 Å². The van der Waals surface area contributed by atoms with E-state index in [9.17, 15) is 14.4 Å². The van der Waals surface area contributed by atoms with Gasteiger partial charge in [-0.1, -0.05) is 304 Å². The van der Waals surface area contributed by atoms with Gasteiger partial charge in [0.2, 0.25) is 0 Å². The summed E-state index contributed by atoms with van der Waals surface area (Å²) in [6, 6.07) is 0. The van der Waals surface area contributed by atoms with Crippen LogP contribution in [0.15, 0.2) is 109 Å². The lowest BCUT2D eigenvalue weighted by atomic mass is 10.0. The Morgan fingerprint density at radius 1 is 0.266 bits per heavy atom. The van der Waals surface area contributed by atoms with Crippen LogP contribution in [0.25, 0.3) is 0 Å². The first-order chi connectivity index (χ1) is 39.0. The Bertz CT molecular complexity index is 1590. The Kier molecular flexibility index (Phi) is 63.3. The Hall–Kier alpha value is -3.93. The van der Waals surface area contributed by atoms with E-state index in [0.717, 1.165) is 135 Å². The van der Waals surface area contributed by atoms with Gasteiger partial charge in [-0.25, -0.2) is 0 Å². The second kappa shape index (κ2) is 66.6. The van der Waals surface area contributed by atoms with Crippen LogP contribution in [-0.2, 0) is 28.6 Å². The van der Waals surface area contributed by atoms with E-state index in [0.29, 0.717) is 19.3 Å². The predicted octanol–water partition coefficient (Wildman–Crippen LogP) is 23.0. The van der Waals surface area contributed by atoms with Crippen LogP contribution in [0.4, 0.5) is 0 Å². The van der Waals surface area contributed by atoms with Crippen molar-refractivity contribution >= 4 is 17.9 Å². The van der Waals surface area contributed by atoms with E-state index in [4.69, 9.17) is 14.2 Å². The second-order valence-electron chi connectivity index (χ2n) is 22.0. The smallest absolute Gasteiger partial charge is 0.306 e. The van der Waals surface area contributed by atoms with E-state index < -0.39 is 6.10 Å². The molecule has 0 N–H and O–H groups in total. The van der Waals surface area contributed by atoms with Gasteiger partial charge in [0, 0.05) is 19.3 Å². The van der Waals surface area contributed by atoms with Crippen molar-refractivity contribution in [2.75, 3.05) is 13.2 Å². The molecular weight excluding hydrogens is 973 g/mol. The fourth-order valence-electron chi connectivity index (χ4n) is 9.35. The first-order valence-electron chi connectivity index (χ1n) is 33.4. The molecule has 0 radical (unpaired) electrons. The molecule has 1 atom stereocenters. The van der Waals surface area contributed by atoms with Crippen molar-refractivity contribution in [2.45, 2.75) is 322 Å². The minimum absolute atomic E-state index is 0.0840. The molecule has 0 bridgehead atoms. The minimum atomic E-state index is -0.788. The molecule has 0 aromatic heterocycles. The molecule has 0 heterocycles. The van der Waals surface area contributed by atoms with Crippen molar-refractivity contribution in [3.63, 3.8) is 0 Å². The number of ether oxygens (including phenoxy) is 3. The van der Waals surface area contributed by atoms with Gasteiger partial charge in [0.15, 0.2) is 6.10 Å². The van der Waals surface area contributed by atoms with Crippen LogP contribution in [0.3, 0.4) is 0 Å². The van der Waals surface area contributed by atoms with Gasteiger partial charge in [-0.05, 0) is 103 Å². The maximum absolute atomic E-state index is 12.9. The highest BCUT2D eigenvalue weighted by molar-refractivity contribution is 5.71. The monoisotopic (exact) mass is 1100 g/mol. The number of allylic oxidation sites excluding steroid dienone is 18. The summed E-state index contributed by atoms with van der Waals surface area (Å²) in [7, 11) is 0. The molecule has 0 amide bonds. The lowest BCUT2D eigenvalue weighted by molar-refractivity contribution is -0.167. The van der Waals surface area contributed by atoms with Gasteiger partial charge in [-0.2, -0.15) is 0 Å². The zero-order valence-electron chi connectivity index (χ0n) is 51.9. The molecule has 0 aromatic rings. The van der Waals surface area contributed by atoms with E-state index in [1.165, 1.54) is 141 Å². The number of carbonyl (C=O) groups is 3. The molecule has 452 valence electrons. The molecule has 79 heavy (non-hydrogen) atoms. The van der Waals surface area contributed by atoms with Gasteiger partial charge in [-0.3, -0.25) is 14.4 Å². The van der Waals surface area contributed by atoms with Gasteiger partial charge in [0.1, 0.15) is 13.2 Å². The highest BCUT2D eigenvalue weighted by Crippen LogP contribution is 2.17. The fraction of sp³-hybridized carbons (Fsp3) is 0.712. The molecule has 0 saturated heterocycles. The molecule has 0 fully saturated rings. The van der Waals surface area contributed by atoms with E-state index in [-0.39, 0.29) is 31.1 Å². The number of hydrogen-bond acceptors (Lipinski definition) is 6. The SMILES string of the molecule is CC/C=C\C/C=C\C/C=C\C/C=C\C/C=C\C/C=C\CCCCCCCCCCCCC(=O)OCC(COC(=O)CCCCCCC/C=C\C/C=C\C/C=C\CC)OC(=O)CCCCCCCCCCCCCCCCCCC. The highest BCUT2D eigenvalue weighted by atomic mass is 16.6. The number of hydrogen-bond donors (Lipinski definition) is 0. The van der Waals surface area contributed by atoms with Gasteiger partial charge in [0.25, 0.3) is 0 Å². The normalized spacial score (nSPS) is 12.8. The molecule has 0 aromatic carbocycles. The van der Waals surface area contributed by atoms with Crippen molar-refractivity contribution in [1.82, 2.24) is 0 Å². The summed E-state index contributed by atoms with van der Waals surface area (Å²) in [5.74, 6) is -0.893. The Morgan fingerprint density at radius 2 is 0.494 bits per heavy atom. The minimum Gasteiger partial charge on any atom is -0.462 e. The fourth-order valence-corrected chi connectivity index (χ4v) is 9.35. The first-order valence-corrected chi connectivity index (χ1v) is 33.4. The maximum Gasteiger partial charge on any atom is 0.306 e. The highest BCUT2D eigenvalue weighted by Gasteiger charge is 2.19. The molecule has 0 aliphatic rings. The Labute approximate surface area is 489 Å². The van der Waals surface area contributed by atoms with Crippen LogP contribution in [-0.4, -0.2) is 37.2 Å². The van der Waals surface area contributed by atoms with Crippen molar-refractivity contribution in [2.24, 2.45) is 0 Å². The summed E-state index contributed by atoms with van der Waals surface area (Å²) >= 11 is 0. The molecule has 0 rings (SSSR count). The van der Waals surface area contributed by atoms with Crippen molar-refractivity contribution in [1.29, 1.82) is 0 Å². The Balaban J connectivity index is 4.31. The average molecular weight is 1100 g/mol. The summed E-state index contributed by atoms with van der Waals surface area (Å²) in [6.07, 6.45) is 91.0. The first kappa shape index (κ1) is 75.1. The average Bonchev–Trinajstić information content (AvgIpc) is 3.45. The number of unbranched alkanes of at least 4 members (excludes halogenated alkanes) is 31. The number of carbonyl (C=O) groups excluding carboxylic acids is 3. The zero-order valence-corrected chi connectivity index (χ0v) is 51.9. The molecule has 1 unspecified atom stereocenters. The van der Waals surface area contributed by atoms with Crippen LogP contribution >= 0.6 is 0 Å². The van der Waals surface area contributed by atoms with Crippen molar-refractivity contribution < 1.29 is 28.6 Å². The molecule has 0 aliphatic heterocycles. The lowest BCUT2D eigenvalue weighted by Gasteiger charge is -2.18. The summed E-state index contributed by atoms with van der Waals surface area (Å²) in [5.41, 5.74) is 0. The van der Waals surface area contributed by atoms with Crippen LogP contribution < -0.4 is 0 Å². The van der Waals surface area contributed by atoms with Crippen molar-refractivity contribution in [3.8, 4) is 0 Å². The van der Waals surface area contributed by atoms with Gasteiger partial charge in [0.05, 0.1) is 0 Å². The van der Waals surface area contributed by atoms with E-state index in [2.05, 4.69) is 130 Å². The predicted molar refractivity (Wildman–Crippen MR) is 343 cm³/mol. The number of rotatable bonds is 60. The van der Waals surface area contributed by atoms with Crippen molar-refractivity contribution in [3.05, 3.63) is 109 Å². The molecule has 6 nitrogen and oxygen atoms in total. The maximum atomic E-state index is 12.9. The summed E-state index contributed by atoms with van der Waals surface area (Å²) < 4.78 is 16.9. The third-order valence-corrected chi connectivity index (χ3v) is 14.3. The largest absolute Gasteiger partial charge is 0.462 e. The standard InChI is InChI=1S/C73H124O6/c1-4-7-10-13-16-19-22-25-28-30-31-32-33-34-35-36-37-38-39-40-41-43-45-48-51-54-57-60-63-66-72(75)78-69-70(68-77-71(74)65-62-59-56-53-50-47-44-27-24-21-18-15-12-9-6-3)79-73(76)67-64-61-58-55-52-49-46-42-29-26-23-20-17-14-11-8-5-2/h7,9-10,12,16,18-19,21,25,27-28,31-32,34-35,37-38,44,70H,4-6,8,11,13-15,17,20,22-24,26,29-30,33,36,39-43,45-69H2,1-3H3/b10-7-,12-9-,19-16-,21-18-,28-25-,32-31-,35-34-,38-37-,44-27-. The number of esters is 3. The van der Waals surface area contributed by atoms with E-state index >= 15 is 0 Å². The van der Waals surface area contributed by atoms with Crippen LogP contribution in [0.1, 0.15) is 316 Å². The zero-order chi connectivity index (χ0) is 57.1. The molecule has 0 spiro atoms. The molecule has 6 heteroatoms. The third-order valence-electron chi connectivity index (χ3n) is 14.3. The summed E-state index contributed by atoms with van der Waals surface area (Å²) in [5, 5.41) is 0.